The first-order valence-electron chi connectivity index (χ1n) is 11.4. The van der Waals surface area contributed by atoms with Gasteiger partial charge in [0.15, 0.2) is 0 Å². The van der Waals surface area contributed by atoms with Crippen LogP contribution in [0, 0.1) is 5.41 Å². The Morgan fingerprint density at radius 3 is 2.48 bits per heavy atom. The van der Waals surface area contributed by atoms with Gasteiger partial charge >= 0.3 is 0 Å². The molecule has 0 aromatic heterocycles. The van der Waals surface area contributed by atoms with Crippen LogP contribution in [-0.4, -0.2) is 52.6 Å². The summed E-state index contributed by atoms with van der Waals surface area (Å²) in [5.74, 6) is -0.588. The van der Waals surface area contributed by atoms with E-state index in [1.54, 1.807) is 0 Å². The normalized spacial score (nSPS) is 25.0. The third kappa shape index (κ3) is 5.86. The van der Waals surface area contributed by atoms with Gasteiger partial charge in [-0.1, -0.05) is 61.0 Å². The van der Waals surface area contributed by atoms with Gasteiger partial charge in [0.05, 0.1) is 18.2 Å². The van der Waals surface area contributed by atoms with E-state index in [-0.39, 0.29) is 36.9 Å². The Kier molecular flexibility index (Phi) is 7.71. The Bertz CT molecular complexity index is 951. The molecule has 0 aliphatic carbocycles. The van der Waals surface area contributed by atoms with Gasteiger partial charge in [0, 0.05) is 35.3 Å². The van der Waals surface area contributed by atoms with Gasteiger partial charge < -0.3 is 26.4 Å². The fraction of sp³-hybridized carbons (Fsp3) is 0.520. The smallest absolute Gasteiger partial charge is 0.243 e. The number of aliphatic hydroxyl groups excluding tert-OH is 1. The maximum atomic E-state index is 13.1. The minimum absolute atomic E-state index is 0.119. The van der Waals surface area contributed by atoms with Crippen molar-refractivity contribution < 1.29 is 14.7 Å². The van der Waals surface area contributed by atoms with Crippen molar-refractivity contribution in [3.8, 4) is 0 Å². The predicted molar refractivity (Wildman–Crippen MR) is 134 cm³/mol. The number of aliphatic hydroxyl groups is 1. The lowest BCUT2D eigenvalue weighted by Gasteiger charge is -2.32. The van der Waals surface area contributed by atoms with Crippen molar-refractivity contribution in [2.45, 2.75) is 71.3 Å². The minimum atomic E-state index is -0.747. The molecule has 5 atom stereocenters. The first kappa shape index (κ1) is 25.5. The lowest BCUT2D eigenvalue weighted by molar-refractivity contribution is -0.141. The summed E-state index contributed by atoms with van der Waals surface area (Å²) in [5, 5.41) is 16.5. The molecule has 5 N–H and O–H groups in total. The summed E-state index contributed by atoms with van der Waals surface area (Å²) in [7, 11) is 0. The van der Waals surface area contributed by atoms with E-state index in [1.807, 2.05) is 58.2 Å². The second-order valence-electron chi connectivity index (χ2n) is 10.1. The quantitative estimate of drug-likeness (QED) is 0.479. The van der Waals surface area contributed by atoms with Crippen LogP contribution in [-0.2, 0) is 9.59 Å². The number of nitrogens with one attached hydrogen (secondary N) is 2. The van der Waals surface area contributed by atoms with E-state index in [0.29, 0.717) is 0 Å². The van der Waals surface area contributed by atoms with Gasteiger partial charge in [0.1, 0.15) is 6.04 Å². The van der Waals surface area contributed by atoms with E-state index in [2.05, 4.69) is 39.6 Å². The van der Waals surface area contributed by atoms with E-state index >= 15 is 0 Å². The van der Waals surface area contributed by atoms with Crippen LogP contribution in [0.3, 0.4) is 0 Å². The molecule has 0 saturated carbocycles. The summed E-state index contributed by atoms with van der Waals surface area (Å²) in [6.45, 7) is 9.76. The molecule has 1 fully saturated rings. The van der Waals surface area contributed by atoms with Crippen molar-refractivity contribution in [2.75, 3.05) is 6.54 Å². The van der Waals surface area contributed by atoms with E-state index in [9.17, 15) is 14.7 Å². The highest BCUT2D eigenvalue weighted by molar-refractivity contribution is 9.12. The Hall–Kier alpha value is -2.16. The van der Waals surface area contributed by atoms with E-state index in [0.717, 1.165) is 21.2 Å². The van der Waals surface area contributed by atoms with Gasteiger partial charge in [-0.3, -0.25) is 9.59 Å². The number of hydrogen-bond acceptors (Lipinski definition) is 5. The average Bonchev–Trinajstić information content (AvgIpc) is 3.14. The number of amides is 2. The second-order valence-corrected chi connectivity index (χ2v) is 11.0. The molecule has 33 heavy (non-hydrogen) atoms. The monoisotopic (exact) mass is 518 g/mol. The Morgan fingerprint density at radius 1 is 1.27 bits per heavy atom. The fourth-order valence-corrected chi connectivity index (χ4v) is 4.80. The zero-order valence-electron chi connectivity index (χ0n) is 19.9. The molecule has 1 aromatic carbocycles. The summed E-state index contributed by atoms with van der Waals surface area (Å²) < 4.78 is 1.04. The van der Waals surface area contributed by atoms with Crippen LogP contribution in [0.5, 0.6) is 0 Å². The molecule has 0 spiro atoms. The number of carbonyl (C=O) groups excluding carboxylic acids is 2. The maximum Gasteiger partial charge on any atom is 0.243 e. The summed E-state index contributed by atoms with van der Waals surface area (Å²) >= 11 is 3.63. The number of benzene rings is 1. The molecular weight excluding hydrogens is 484 g/mol. The number of β-amino-alcohol motifs (C(OH)–C–C–N with tert-alkyl or cyclic N) is 1. The Labute approximate surface area is 204 Å². The van der Waals surface area contributed by atoms with Gasteiger partial charge in [-0.05, 0) is 36.5 Å². The summed E-state index contributed by atoms with van der Waals surface area (Å²) in [6.07, 6.45) is 3.58. The molecule has 7 nitrogen and oxygen atoms in total. The molecule has 0 bridgehead atoms. The highest BCUT2D eigenvalue weighted by Gasteiger charge is 2.42. The number of allylic oxidation sites excluding steroid dienone is 2. The van der Waals surface area contributed by atoms with Gasteiger partial charge in [-0.25, -0.2) is 0 Å². The third-order valence-electron chi connectivity index (χ3n) is 6.29. The predicted octanol–water partition coefficient (Wildman–Crippen LogP) is 2.81. The lowest BCUT2D eigenvalue weighted by Crippen LogP contribution is -2.55. The highest BCUT2D eigenvalue weighted by atomic mass is 79.9. The Balaban J connectivity index is 1.68. The first-order chi connectivity index (χ1) is 15.4. The fourth-order valence-electron chi connectivity index (χ4n) is 4.06. The highest BCUT2D eigenvalue weighted by Crippen LogP contribution is 2.31. The number of nitrogens with zero attached hydrogens (tertiary/aromatic N) is 1. The van der Waals surface area contributed by atoms with Gasteiger partial charge in [-0.2, -0.15) is 0 Å². The first-order valence-corrected chi connectivity index (χ1v) is 12.2. The van der Waals surface area contributed by atoms with Crippen LogP contribution in [0.4, 0.5) is 0 Å². The van der Waals surface area contributed by atoms with Crippen LogP contribution in [0.25, 0.3) is 5.57 Å². The molecule has 2 heterocycles. The second kappa shape index (κ2) is 9.99. The molecule has 8 heteroatoms. The summed E-state index contributed by atoms with van der Waals surface area (Å²) in [6, 6.07) is 6.56. The van der Waals surface area contributed by atoms with E-state index in [1.165, 1.54) is 4.90 Å². The third-order valence-corrected chi connectivity index (χ3v) is 6.98. The van der Waals surface area contributed by atoms with Crippen molar-refractivity contribution in [3.63, 3.8) is 0 Å². The number of likely N-dealkylation sites (tertiary alicyclic amines) is 1. The van der Waals surface area contributed by atoms with Crippen LogP contribution < -0.4 is 16.4 Å². The van der Waals surface area contributed by atoms with Gasteiger partial charge in [0.25, 0.3) is 0 Å². The van der Waals surface area contributed by atoms with Crippen LogP contribution in [0.15, 0.2) is 41.0 Å². The van der Waals surface area contributed by atoms with Crippen molar-refractivity contribution in [2.24, 2.45) is 11.1 Å². The molecular formula is C25H35BrN4O3. The van der Waals surface area contributed by atoms with Crippen LogP contribution in [0.1, 0.15) is 58.2 Å². The van der Waals surface area contributed by atoms with Crippen molar-refractivity contribution in [1.82, 2.24) is 15.5 Å². The standard InChI is InChI=1S/C25H35BrN4O3/c1-14-10-20(26)19(12-28-14)17-8-6-16(7-9-17)15(2)29-23(32)21-11-18(31)13-30(21)24(33)22(27)25(3,4)5/h6-10,12,14-15,18,21-22,28,31H,11,13,27H2,1-5H3,(H,29,32)/t14?,15-,18+,21-,22+/m0/s1. The average molecular weight is 519 g/mol. The van der Waals surface area contributed by atoms with Gasteiger partial charge in [-0.15, -0.1) is 0 Å². The molecule has 1 saturated heterocycles. The lowest BCUT2D eigenvalue weighted by atomic mass is 9.86. The molecule has 0 radical (unpaired) electrons. The topological polar surface area (TPSA) is 108 Å². The van der Waals surface area contributed by atoms with Gasteiger partial charge in [0.2, 0.25) is 11.8 Å². The summed E-state index contributed by atoms with van der Waals surface area (Å²) in [4.78, 5) is 27.4. The Morgan fingerprint density at radius 2 is 1.91 bits per heavy atom. The van der Waals surface area contributed by atoms with E-state index in [4.69, 9.17) is 5.73 Å². The molecule has 2 amide bonds. The SMILES string of the molecule is CC1C=C(Br)C(c2ccc([C@H](C)NC(=O)[C@@H]3C[C@@H](O)CN3C(=O)[C@@H](N)C(C)(C)C)cc2)=CN1. The number of hydrogen-bond donors (Lipinski definition) is 4. The number of nitrogens with two attached hydrogens (primary N) is 1. The van der Waals surface area contributed by atoms with Crippen LogP contribution >= 0.6 is 15.9 Å². The summed E-state index contributed by atoms with van der Waals surface area (Å²) in [5.41, 5.74) is 8.79. The van der Waals surface area contributed by atoms with Crippen molar-refractivity contribution in [1.29, 1.82) is 0 Å². The molecule has 3 rings (SSSR count). The molecule has 1 unspecified atom stereocenters. The molecule has 180 valence electrons. The number of rotatable bonds is 5. The van der Waals surface area contributed by atoms with Crippen LogP contribution in [0.2, 0.25) is 0 Å². The molecule has 2 aliphatic rings. The van der Waals surface area contributed by atoms with Crippen molar-refractivity contribution >= 4 is 33.3 Å². The number of halogens is 1. The van der Waals surface area contributed by atoms with Crippen molar-refractivity contribution in [3.05, 3.63) is 52.2 Å². The zero-order valence-corrected chi connectivity index (χ0v) is 21.5. The number of carbonyl (C=O) groups is 2. The molecule has 1 aromatic rings. The largest absolute Gasteiger partial charge is 0.391 e. The number of dihydropyridines is 1. The minimum Gasteiger partial charge on any atom is -0.391 e. The van der Waals surface area contributed by atoms with E-state index < -0.39 is 23.6 Å². The molecule has 2 aliphatic heterocycles. The zero-order chi connectivity index (χ0) is 24.5. The maximum absolute atomic E-state index is 13.1.